The van der Waals surface area contributed by atoms with Crippen LogP contribution in [0.5, 0.6) is 0 Å². The van der Waals surface area contributed by atoms with Crippen molar-refractivity contribution in [2.45, 2.75) is 27.7 Å². The first-order valence-electron chi connectivity index (χ1n) is 3.26. The number of carbonyl (C=O) groups excluding carboxylic acids is 1. The molecule has 0 aromatic carbocycles. The molecule has 0 aliphatic carbocycles. The quantitative estimate of drug-likeness (QED) is 0.351. The third-order valence-corrected chi connectivity index (χ3v) is 4.48. The minimum atomic E-state index is -0.105. The van der Waals surface area contributed by atoms with Crippen LogP contribution >= 0.6 is 0 Å². The first kappa shape index (κ1) is 10.2. The Morgan fingerprint density at radius 2 is 2.00 bits per heavy atom. The maximum atomic E-state index is 10.4. The molecule has 3 heteroatoms. The van der Waals surface area contributed by atoms with Crippen molar-refractivity contribution < 1.29 is 26.3 Å². The van der Waals surface area contributed by atoms with Crippen LogP contribution < -0.4 is 25.0 Å². The molecule has 0 aliphatic rings. The van der Waals surface area contributed by atoms with Crippen molar-refractivity contribution in [3.63, 3.8) is 0 Å². The Labute approximate surface area is 73.4 Å². The number of carbonyl (C=O) groups is 1. The molecule has 0 saturated heterocycles. The molecule has 0 unspecified atom stereocenters. The number of rotatable bonds is 2. The Bertz CT molecular complexity index is 117. The van der Waals surface area contributed by atoms with Crippen LogP contribution in [0.4, 0.5) is 0 Å². The summed E-state index contributed by atoms with van der Waals surface area (Å²) in [5.74, 6) is 0.108. The van der Waals surface area contributed by atoms with E-state index in [2.05, 4.69) is 24.3 Å². The molecule has 0 aliphatic heterocycles. The molecule has 0 saturated carbocycles. The summed E-state index contributed by atoms with van der Waals surface area (Å²) in [4.78, 5) is 10.4. The van der Waals surface area contributed by atoms with Gasteiger partial charge < -0.3 is 0 Å². The Morgan fingerprint density at radius 3 is 2.30 bits per heavy atom. The zero-order chi connectivity index (χ0) is 8.20. The monoisotopic (exact) mass is 256 g/mol. The topological polar surface area (TPSA) is 29.1 Å². The van der Waals surface area contributed by atoms with Crippen molar-refractivity contribution in [1.29, 1.82) is 0 Å². The number of hydrogen-bond acceptors (Lipinski definition) is 1. The predicted molar refractivity (Wildman–Crippen MR) is 38.1 cm³/mol. The summed E-state index contributed by atoms with van der Waals surface area (Å²) >= 11 is -0.105. The van der Waals surface area contributed by atoms with Crippen molar-refractivity contribution in [3.05, 3.63) is 0 Å². The molecule has 0 spiro atoms. The fraction of sp³-hybridized carbons (Fsp3) is 0.857. The number of nitrogens with one attached hydrogen (secondary N) is 1. The molecule has 0 atom stereocenters. The second kappa shape index (κ2) is 4.16. The molecule has 10 heavy (non-hydrogen) atoms. The molecule has 0 bridgehead atoms. The minimum absolute atomic E-state index is 0.105. The summed E-state index contributed by atoms with van der Waals surface area (Å²) in [6.45, 7) is 8.14. The Morgan fingerprint density at radius 1 is 1.50 bits per heavy atom. The van der Waals surface area contributed by atoms with E-state index in [1.54, 1.807) is 6.92 Å². The van der Waals surface area contributed by atoms with Gasteiger partial charge in [-0.25, -0.2) is 0 Å². The summed E-state index contributed by atoms with van der Waals surface area (Å²) in [5, 5.41) is 0. The van der Waals surface area contributed by atoms with Crippen LogP contribution in [0.15, 0.2) is 0 Å². The van der Waals surface area contributed by atoms with Gasteiger partial charge in [0.15, 0.2) is 0 Å². The second-order valence-electron chi connectivity index (χ2n) is 3.48. The van der Waals surface area contributed by atoms with Gasteiger partial charge in [0.05, 0.1) is 0 Å². The van der Waals surface area contributed by atoms with Crippen LogP contribution in [0.1, 0.15) is 27.7 Å². The standard InChI is InChI=1S/C7H15INO/c1-6(10)9-8-5-7(2,3)4/h5H2,1-4H3,(H,9,10)/q-1. The van der Waals surface area contributed by atoms with Gasteiger partial charge in [-0.05, 0) is 0 Å². The van der Waals surface area contributed by atoms with Gasteiger partial charge in [0.2, 0.25) is 0 Å². The first-order chi connectivity index (χ1) is 4.42. The van der Waals surface area contributed by atoms with Crippen LogP contribution in [0, 0.1) is 5.41 Å². The van der Waals surface area contributed by atoms with Gasteiger partial charge in [-0.3, -0.25) is 0 Å². The molecule has 0 rings (SSSR count). The van der Waals surface area contributed by atoms with Gasteiger partial charge in [-0.2, -0.15) is 0 Å². The molecule has 2 nitrogen and oxygen atoms in total. The third-order valence-electron chi connectivity index (χ3n) is 0.668. The third kappa shape index (κ3) is 8.20. The van der Waals surface area contributed by atoms with E-state index in [-0.39, 0.29) is 27.4 Å². The van der Waals surface area contributed by atoms with Crippen LogP contribution in [-0.2, 0) is 4.79 Å². The molecule has 0 radical (unpaired) electrons. The van der Waals surface area contributed by atoms with Crippen molar-refractivity contribution in [2.75, 3.05) is 4.43 Å². The van der Waals surface area contributed by atoms with Crippen LogP contribution in [0.2, 0.25) is 0 Å². The van der Waals surface area contributed by atoms with E-state index in [1.807, 2.05) is 0 Å². The van der Waals surface area contributed by atoms with Crippen LogP contribution in [0.3, 0.4) is 0 Å². The van der Waals surface area contributed by atoms with Crippen LogP contribution in [-0.4, -0.2) is 10.3 Å². The van der Waals surface area contributed by atoms with E-state index in [9.17, 15) is 4.79 Å². The molecule has 1 amide bonds. The van der Waals surface area contributed by atoms with E-state index in [1.165, 1.54) is 0 Å². The fourth-order valence-corrected chi connectivity index (χ4v) is 2.20. The van der Waals surface area contributed by atoms with Gasteiger partial charge in [-0.1, -0.05) is 0 Å². The number of alkyl halides is 1. The van der Waals surface area contributed by atoms with Gasteiger partial charge >= 0.3 is 73.2 Å². The zero-order valence-corrected chi connectivity index (χ0v) is 9.15. The molecule has 0 heterocycles. The second-order valence-corrected chi connectivity index (χ2v) is 5.54. The van der Waals surface area contributed by atoms with Crippen molar-refractivity contribution in [3.8, 4) is 0 Å². The Hall–Kier alpha value is 0.200. The van der Waals surface area contributed by atoms with E-state index in [4.69, 9.17) is 0 Å². The molecule has 0 aromatic rings. The summed E-state index contributed by atoms with van der Waals surface area (Å²) < 4.78 is 4.02. The fourth-order valence-electron chi connectivity index (χ4n) is 0.328. The van der Waals surface area contributed by atoms with Crippen molar-refractivity contribution in [2.24, 2.45) is 5.41 Å². The molecule has 0 fully saturated rings. The van der Waals surface area contributed by atoms with E-state index >= 15 is 0 Å². The van der Waals surface area contributed by atoms with E-state index in [0.717, 1.165) is 4.43 Å². The van der Waals surface area contributed by atoms with Crippen molar-refractivity contribution in [1.82, 2.24) is 3.53 Å². The number of halogens is 1. The SMILES string of the molecule is CC(=O)N[I-]CC(C)(C)C. The normalized spacial score (nSPS) is 11.6. The number of hydrogen-bond donors (Lipinski definition) is 1. The van der Waals surface area contributed by atoms with E-state index < -0.39 is 0 Å². The Balaban J connectivity index is 3.29. The number of amides is 1. The summed E-state index contributed by atoms with van der Waals surface area (Å²) in [6.07, 6.45) is 0. The molecule has 62 valence electrons. The summed E-state index contributed by atoms with van der Waals surface area (Å²) in [6, 6.07) is 0. The van der Waals surface area contributed by atoms with Gasteiger partial charge in [0.1, 0.15) is 0 Å². The van der Waals surface area contributed by atoms with Crippen LogP contribution in [0.25, 0.3) is 0 Å². The average molecular weight is 256 g/mol. The average Bonchev–Trinajstić information content (AvgIpc) is 1.59. The maximum absolute atomic E-state index is 10.4. The summed E-state index contributed by atoms with van der Waals surface area (Å²) in [7, 11) is 0. The Kier molecular flexibility index (Phi) is 4.24. The predicted octanol–water partition coefficient (Wildman–Crippen LogP) is -1.83. The molecular formula is C7H15INO-. The van der Waals surface area contributed by atoms with Gasteiger partial charge in [0, 0.05) is 0 Å². The molecule has 0 aromatic heterocycles. The van der Waals surface area contributed by atoms with Crippen molar-refractivity contribution >= 4 is 5.91 Å². The van der Waals surface area contributed by atoms with Gasteiger partial charge in [0.25, 0.3) is 0 Å². The molecule has 1 N–H and O–H groups in total. The zero-order valence-electron chi connectivity index (χ0n) is 6.99. The van der Waals surface area contributed by atoms with E-state index in [0.29, 0.717) is 5.41 Å². The molecular weight excluding hydrogens is 241 g/mol. The summed E-state index contributed by atoms with van der Waals surface area (Å²) in [5.41, 5.74) is 0.371. The van der Waals surface area contributed by atoms with Gasteiger partial charge in [-0.15, -0.1) is 0 Å². The first-order valence-corrected chi connectivity index (χ1v) is 5.87.